The van der Waals surface area contributed by atoms with Crippen molar-refractivity contribution in [2.75, 3.05) is 13.6 Å². The van der Waals surface area contributed by atoms with E-state index in [1.54, 1.807) is 18.6 Å². The Kier molecular flexibility index (Phi) is 7.44. The molecule has 1 aromatic carbocycles. The zero-order valence-electron chi connectivity index (χ0n) is 17.8. The van der Waals surface area contributed by atoms with Gasteiger partial charge in [0.15, 0.2) is 0 Å². The average Bonchev–Trinajstić information content (AvgIpc) is 3.21. The van der Waals surface area contributed by atoms with Crippen molar-refractivity contribution in [2.45, 2.75) is 57.2 Å². The summed E-state index contributed by atoms with van der Waals surface area (Å²) in [6, 6.07) is 2.11. The first-order valence-corrected chi connectivity index (χ1v) is 10.4. The van der Waals surface area contributed by atoms with Crippen LogP contribution in [0.4, 0.5) is 26.3 Å². The zero-order chi connectivity index (χ0) is 23.5. The van der Waals surface area contributed by atoms with Crippen molar-refractivity contribution in [2.24, 2.45) is 5.92 Å². The van der Waals surface area contributed by atoms with Gasteiger partial charge >= 0.3 is 12.4 Å². The van der Waals surface area contributed by atoms with Crippen molar-refractivity contribution in [1.29, 1.82) is 0 Å². The van der Waals surface area contributed by atoms with Crippen LogP contribution in [0.2, 0.25) is 0 Å². The summed E-state index contributed by atoms with van der Waals surface area (Å²) < 4.78 is 78.1. The van der Waals surface area contributed by atoms with Crippen LogP contribution in [0.25, 0.3) is 0 Å². The predicted octanol–water partition coefficient (Wildman–Crippen LogP) is 5.47. The van der Waals surface area contributed by atoms with Crippen molar-refractivity contribution in [3.8, 4) is 0 Å². The van der Waals surface area contributed by atoms with Gasteiger partial charge in [-0.15, -0.1) is 0 Å². The van der Waals surface area contributed by atoms with Gasteiger partial charge in [0.2, 0.25) is 0 Å². The number of rotatable bonds is 7. The average molecular weight is 460 g/mol. The van der Waals surface area contributed by atoms with Gasteiger partial charge in [0.25, 0.3) is 0 Å². The fraction of sp³-hybridized carbons (Fsp3) is 0.545. The van der Waals surface area contributed by atoms with Crippen molar-refractivity contribution >= 4 is 0 Å². The summed E-state index contributed by atoms with van der Waals surface area (Å²) in [4.78, 5) is 10.7. The van der Waals surface area contributed by atoms with Crippen LogP contribution in [0.1, 0.15) is 54.6 Å². The Balaban J connectivity index is 1.56. The smallest absolute Gasteiger partial charge is 0.312 e. The second-order valence-electron chi connectivity index (χ2n) is 8.35. The number of hydrogen-bond acceptors (Lipinski definition) is 4. The predicted molar refractivity (Wildman–Crippen MR) is 107 cm³/mol. The molecule has 0 amide bonds. The van der Waals surface area contributed by atoms with Gasteiger partial charge < -0.3 is 5.32 Å². The summed E-state index contributed by atoms with van der Waals surface area (Å²) in [7, 11) is 2.03. The molecular formula is C22H26F6N4. The standard InChI is InChI=1S/C22H26F6N4/c1-14(20-13-29-5-6-31-20)32(2)19-4-3-15(9-19)11-30-12-16-7-17(21(23,24)25)10-18(8-16)22(26,27)28/h5-8,10,13-15,19,30H,3-4,9,11-12H2,1-2H3. The number of nitrogens with one attached hydrogen (secondary N) is 1. The third-order valence-electron chi connectivity index (χ3n) is 6.12. The normalized spacial score (nSPS) is 20.7. The van der Waals surface area contributed by atoms with E-state index in [2.05, 4.69) is 27.1 Å². The minimum Gasteiger partial charge on any atom is -0.312 e. The molecule has 0 bridgehead atoms. The van der Waals surface area contributed by atoms with E-state index in [9.17, 15) is 26.3 Å². The maximum Gasteiger partial charge on any atom is 0.416 e. The van der Waals surface area contributed by atoms with E-state index in [-0.39, 0.29) is 24.2 Å². The fourth-order valence-corrected chi connectivity index (χ4v) is 4.20. The van der Waals surface area contributed by atoms with E-state index in [0.717, 1.165) is 37.1 Å². The summed E-state index contributed by atoms with van der Waals surface area (Å²) >= 11 is 0. The molecule has 3 atom stereocenters. The number of aromatic nitrogens is 2. The second-order valence-corrected chi connectivity index (χ2v) is 8.35. The first-order chi connectivity index (χ1) is 14.9. The van der Waals surface area contributed by atoms with Crippen LogP contribution in [-0.2, 0) is 18.9 Å². The summed E-state index contributed by atoms with van der Waals surface area (Å²) in [6.07, 6.45) is -1.86. The van der Waals surface area contributed by atoms with Gasteiger partial charge in [-0.05, 0) is 69.5 Å². The summed E-state index contributed by atoms with van der Waals surface area (Å²) in [6.45, 7) is 2.53. The molecule has 1 aliphatic carbocycles. The highest BCUT2D eigenvalue weighted by molar-refractivity contribution is 5.33. The lowest BCUT2D eigenvalue weighted by Gasteiger charge is -2.30. The van der Waals surface area contributed by atoms with E-state index in [4.69, 9.17) is 0 Å². The number of alkyl halides is 6. The van der Waals surface area contributed by atoms with Gasteiger partial charge in [-0.3, -0.25) is 14.9 Å². The molecule has 10 heteroatoms. The van der Waals surface area contributed by atoms with E-state index < -0.39 is 23.5 Å². The van der Waals surface area contributed by atoms with Crippen molar-refractivity contribution in [3.05, 3.63) is 59.2 Å². The Hall–Kier alpha value is -2.20. The highest BCUT2D eigenvalue weighted by Gasteiger charge is 2.37. The van der Waals surface area contributed by atoms with E-state index >= 15 is 0 Å². The largest absolute Gasteiger partial charge is 0.416 e. The third kappa shape index (κ3) is 6.19. The fourth-order valence-electron chi connectivity index (χ4n) is 4.20. The molecule has 1 aliphatic rings. The minimum absolute atomic E-state index is 0.0323. The van der Waals surface area contributed by atoms with Crippen molar-refractivity contribution < 1.29 is 26.3 Å². The SMILES string of the molecule is CC(c1cnccn1)N(C)C1CCC(CNCc2cc(C(F)(F)F)cc(C(F)(F)F)c2)C1. The van der Waals surface area contributed by atoms with Crippen LogP contribution in [0.3, 0.4) is 0 Å². The monoisotopic (exact) mass is 460 g/mol. The van der Waals surface area contributed by atoms with Gasteiger partial charge in [0.05, 0.1) is 22.9 Å². The van der Waals surface area contributed by atoms with Crippen LogP contribution in [0.15, 0.2) is 36.8 Å². The molecule has 0 radical (unpaired) electrons. The van der Waals surface area contributed by atoms with Crippen LogP contribution in [0.5, 0.6) is 0 Å². The van der Waals surface area contributed by atoms with Gasteiger partial charge in [-0.25, -0.2) is 0 Å². The van der Waals surface area contributed by atoms with Crippen LogP contribution in [0, 0.1) is 5.92 Å². The highest BCUT2D eigenvalue weighted by Crippen LogP contribution is 2.36. The molecule has 1 fully saturated rings. The van der Waals surface area contributed by atoms with E-state index in [1.165, 1.54) is 0 Å². The van der Waals surface area contributed by atoms with Gasteiger partial charge in [-0.1, -0.05) is 0 Å². The molecular weight excluding hydrogens is 434 g/mol. The molecule has 1 saturated carbocycles. The first-order valence-electron chi connectivity index (χ1n) is 10.4. The maximum absolute atomic E-state index is 13.0. The molecule has 0 aliphatic heterocycles. The van der Waals surface area contributed by atoms with Crippen LogP contribution in [-0.4, -0.2) is 34.5 Å². The molecule has 0 spiro atoms. The molecule has 176 valence electrons. The molecule has 4 nitrogen and oxygen atoms in total. The Morgan fingerprint density at radius 2 is 1.69 bits per heavy atom. The number of nitrogens with zero attached hydrogens (tertiary/aromatic N) is 3. The van der Waals surface area contributed by atoms with Gasteiger partial charge in [-0.2, -0.15) is 26.3 Å². The number of halogens is 6. The lowest BCUT2D eigenvalue weighted by atomic mass is 10.0. The topological polar surface area (TPSA) is 41.1 Å². The minimum atomic E-state index is -4.83. The maximum atomic E-state index is 13.0. The summed E-state index contributed by atoms with van der Waals surface area (Å²) in [5.74, 6) is 0.296. The zero-order valence-corrected chi connectivity index (χ0v) is 17.8. The molecule has 1 N–H and O–H groups in total. The molecule has 2 aromatic rings. The molecule has 1 heterocycles. The Morgan fingerprint density at radius 3 is 2.25 bits per heavy atom. The third-order valence-corrected chi connectivity index (χ3v) is 6.12. The van der Waals surface area contributed by atoms with Gasteiger partial charge in [0, 0.05) is 31.2 Å². The lowest BCUT2D eigenvalue weighted by Crippen LogP contribution is -2.33. The van der Waals surface area contributed by atoms with Gasteiger partial charge in [0.1, 0.15) is 0 Å². The molecule has 3 rings (SSSR count). The Labute approximate surface area is 183 Å². The van der Waals surface area contributed by atoms with Crippen LogP contribution >= 0.6 is 0 Å². The highest BCUT2D eigenvalue weighted by atomic mass is 19.4. The molecule has 32 heavy (non-hydrogen) atoms. The Morgan fingerprint density at radius 1 is 1.03 bits per heavy atom. The molecule has 3 unspecified atom stereocenters. The second kappa shape index (κ2) is 9.74. The summed E-state index contributed by atoms with van der Waals surface area (Å²) in [5.41, 5.74) is -1.73. The molecule has 0 saturated heterocycles. The van der Waals surface area contributed by atoms with Crippen molar-refractivity contribution in [3.63, 3.8) is 0 Å². The van der Waals surface area contributed by atoms with Crippen molar-refractivity contribution in [1.82, 2.24) is 20.2 Å². The first kappa shape index (κ1) is 24.4. The number of hydrogen-bond donors (Lipinski definition) is 1. The number of benzene rings is 1. The van der Waals surface area contributed by atoms with E-state index in [1.807, 2.05) is 7.05 Å². The lowest BCUT2D eigenvalue weighted by molar-refractivity contribution is -0.143. The molecule has 1 aromatic heterocycles. The summed E-state index contributed by atoms with van der Waals surface area (Å²) in [5, 5.41) is 3.05. The Bertz CT molecular complexity index is 852. The quantitative estimate of drug-likeness (QED) is 0.557. The van der Waals surface area contributed by atoms with Crippen LogP contribution < -0.4 is 5.32 Å². The van der Waals surface area contributed by atoms with E-state index in [0.29, 0.717) is 18.5 Å².